The molecule has 0 saturated heterocycles. The zero-order chi connectivity index (χ0) is 10.1. The molecule has 0 bridgehead atoms. The van der Waals surface area contributed by atoms with Crippen molar-refractivity contribution < 1.29 is 5.73 Å². The van der Waals surface area contributed by atoms with E-state index in [0.717, 1.165) is 0 Å². The van der Waals surface area contributed by atoms with E-state index >= 15 is 0 Å². The van der Waals surface area contributed by atoms with Crippen LogP contribution in [0.2, 0.25) is 0 Å². The first-order chi connectivity index (χ1) is 5.91. The highest BCUT2D eigenvalue weighted by Crippen LogP contribution is 2.22. The van der Waals surface area contributed by atoms with Gasteiger partial charge in [0.1, 0.15) is 6.04 Å². The van der Waals surface area contributed by atoms with Crippen LogP contribution >= 0.6 is 0 Å². The Bertz CT molecular complexity index is 264. The molecule has 0 aromatic heterocycles. The minimum atomic E-state index is 0.253. The Morgan fingerprint density at radius 2 is 1.54 bits per heavy atom. The Morgan fingerprint density at radius 1 is 1.08 bits per heavy atom. The van der Waals surface area contributed by atoms with Gasteiger partial charge in [-0.1, -0.05) is 45.0 Å². The van der Waals surface area contributed by atoms with Crippen molar-refractivity contribution in [1.29, 1.82) is 0 Å². The summed E-state index contributed by atoms with van der Waals surface area (Å²) in [5, 5.41) is 0. The largest absolute Gasteiger partial charge is 0.352 e. The highest BCUT2D eigenvalue weighted by atomic mass is 14.6. The molecule has 13 heavy (non-hydrogen) atoms. The normalized spacial score (nSPS) is 14.2. The zero-order valence-corrected chi connectivity index (χ0v) is 9.09. The summed E-state index contributed by atoms with van der Waals surface area (Å²) in [4.78, 5) is 0. The van der Waals surface area contributed by atoms with E-state index in [9.17, 15) is 0 Å². The zero-order valence-electron chi connectivity index (χ0n) is 9.09. The summed E-state index contributed by atoms with van der Waals surface area (Å²) in [6.07, 6.45) is 0. The van der Waals surface area contributed by atoms with E-state index in [1.165, 1.54) is 11.1 Å². The summed E-state index contributed by atoms with van der Waals surface area (Å²) in [6, 6.07) is 9.15. The van der Waals surface area contributed by atoms with E-state index in [1.54, 1.807) is 0 Å². The van der Waals surface area contributed by atoms with Crippen LogP contribution in [0.4, 0.5) is 0 Å². The van der Waals surface area contributed by atoms with Crippen LogP contribution in [0.25, 0.3) is 0 Å². The maximum Gasteiger partial charge on any atom is 0.107 e. The lowest BCUT2D eigenvalue weighted by atomic mass is 9.86. The molecule has 1 rings (SSSR count). The van der Waals surface area contributed by atoms with Crippen LogP contribution < -0.4 is 5.73 Å². The summed E-state index contributed by atoms with van der Waals surface area (Å²) < 4.78 is 0. The Balaban J connectivity index is 2.94. The molecule has 0 radical (unpaired) electrons. The third-order valence-electron chi connectivity index (χ3n) is 2.35. The predicted octanol–water partition coefficient (Wildman–Crippen LogP) is 2.29. The average Bonchev–Trinajstić information content (AvgIpc) is 2.03. The molecule has 72 valence electrons. The first-order valence-corrected chi connectivity index (χ1v) is 4.85. The number of hydrogen-bond donors (Lipinski definition) is 1. The second kappa shape index (κ2) is 3.51. The molecule has 1 aromatic carbocycles. The maximum absolute atomic E-state index is 4.00. The Kier molecular flexibility index (Phi) is 2.77. The van der Waals surface area contributed by atoms with Gasteiger partial charge >= 0.3 is 0 Å². The van der Waals surface area contributed by atoms with E-state index in [2.05, 4.69) is 57.7 Å². The van der Waals surface area contributed by atoms with Gasteiger partial charge in [-0.3, -0.25) is 0 Å². The van der Waals surface area contributed by atoms with Crippen molar-refractivity contribution in [3.63, 3.8) is 0 Å². The summed E-state index contributed by atoms with van der Waals surface area (Å²) in [5.41, 5.74) is 6.95. The lowest BCUT2D eigenvalue weighted by Crippen LogP contribution is -2.51. The molecule has 0 unspecified atom stereocenters. The molecule has 0 saturated carbocycles. The molecule has 0 fully saturated rings. The number of benzene rings is 1. The molecule has 0 heterocycles. The smallest absolute Gasteiger partial charge is 0.107 e. The fourth-order valence-corrected chi connectivity index (χ4v) is 1.31. The maximum atomic E-state index is 4.00. The molecule has 3 N–H and O–H groups in total. The second-order valence-electron chi connectivity index (χ2n) is 4.77. The molecule has 1 aromatic rings. The molecule has 1 atom stereocenters. The van der Waals surface area contributed by atoms with Crippen LogP contribution in [0.15, 0.2) is 24.3 Å². The molecule has 0 aliphatic carbocycles. The van der Waals surface area contributed by atoms with Crippen molar-refractivity contribution in [2.45, 2.75) is 39.2 Å². The highest BCUT2D eigenvalue weighted by Gasteiger charge is 2.13. The Hall–Kier alpha value is -0.820. The van der Waals surface area contributed by atoms with E-state index in [0.29, 0.717) is 6.04 Å². The van der Waals surface area contributed by atoms with Crippen molar-refractivity contribution in [3.8, 4) is 0 Å². The van der Waals surface area contributed by atoms with Crippen LogP contribution in [0.1, 0.15) is 44.9 Å². The Morgan fingerprint density at radius 3 is 1.85 bits per heavy atom. The topological polar surface area (TPSA) is 27.6 Å². The van der Waals surface area contributed by atoms with Crippen molar-refractivity contribution in [2.24, 2.45) is 0 Å². The van der Waals surface area contributed by atoms with E-state index < -0.39 is 0 Å². The van der Waals surface area contributed by atoms with Gasteiger partial charge in [-0.05, 0) is 17.9 Å². The van der Waals surface area contributed by atoms with Crippen molar-refractivity contribution in [2.75, 3.05) is 0 Å². The third kappa shape index (κ3) is 2.56. The summed E-state index contributed by atoms with van der Waals surface area (Å²) in [6.45, 7) is 8.81. The molecular weight excluding hydrogens is 158 g/mol. The van der Waals surface area contributed by atoms with Crippen LogP contribution in [0.5, 0.6) is 0 Å². The standard InChI is InChI=1S/C12H19N/c1-9(13)10-5-7-11(8-6-10)12(2,3)4/h5-9H,13H2,1-4H3/p+1/t9-/m0/s1. The van der Waals surface area contributed by atoms with Gasteiger partial charge in [-0.2, -0.15) is 0 Å². The van der Waals surface area contributed by atoms with Gasteiger partial charge in [0.25, 0.3) is 0 Å². The summed E-state index contributed by atoms with van der Waals surface area (Å²) >= 11 is 0. The predicted molar refractivity (Wildman–Crippen MR) is 56.4 cm³/mol. The fourth-order valence-electron chi connectivity index (χ4n) is 1.31. The molecule has 0 aliphatic rings. The summed E-state index contributed by atoms with van der Waals surface area (Å²) in [5.74, 6) is 0. The number of quaternary nitrogens is 1. The van der Waals surface area contributed by atoms with Crippen LogP contribution in [-0.2, 0) is 5.41 Å². The highest BCUT2D eigenvalue weighted by molar-refractivity contribution is 5.28. The van der Waals surface area contributed by atoms with Crippen molar-refractivity contribution >= 4 is 0 Å². The third-order valence-corrected chi connectivity index (χ3v) is 2.35. The first-order valence-electron chi connectivity index (χ1n) is 4.85. The van der Waals surface area contributed by atoms with Gasteiger partial charge in [-0.25, -0.2) is 0 Å². The average molecular weight is 178 g/mol. The van der Waals surface area contributed by atoms with E-state index in [-0.39, 0.29) is 5.41 Å². The van der Waals surface area contributed by atoms with Gasteiger partial charge in [0, 0.05) is 5.56 Å². The molecule has 0 aliphatic heterocycles. The van der Waals surface area contributed by atoms with Gasteiger partial charge < -0.3 is 5.73 Å². The SMILES string of the molecule is C[C@H]([NH3+])c1ccc(C(C)(C)C)cc1. The lowest BCUT2D eigenvalue weighted by Gasteiger charge is -2.19. The quantitative estimate of drug-likeness (QED) is 0.683. The first kappa shape index (κ1) is 10.3. The van der Waals surface area contributed by atoms with Crippen LogP contribution in [-0.4, -0.2) is 0 Å². The minimum absolute atomic E-state index is 0.253. The second-order valence-corrected chi connectivity index (χ2v) is 4.77. The molecule has 1 nitrogen and oxygen atoms in total. The number of rotatable bonds is 1. The molecule has 0 spiro atoms. The molecule has 0 amide bonds. The monoisotopic (exact) mass is 178 g/mol. The fraction of sp³-hybridized carbons (Fsp3) is 0.500. The van der Waals surface area contributed by atoms with Gasteiger partial charge in [0.05, 0.1) is 0 Å². The molecule has 1 heteroatoms. The van der Waals surface area contributed by atoms with Gasteiger partial charge in [0.2, 0.25) is 0 Å². The van der Waals surface area contributed by atoms with E-state index in [4.69, 9.17) is 0 Å². The van der Waals surface area contributed by atoms with Crippen molar-refractivity contribution in [1.82, 2.24) is 0 Å². The van der Waals surface area contributed by atoms with Crippen LogP contribution in [0, 0.1) is 0 Å². The van der Waals surface area contributed by atoms with Gasteiger partial charge in [0.15, 0.2) is 0 Å². The van der Waals surface area contributed by atoms with Crippen LogP contribution in [0.3, 0.4) is 0 Å². The summed E-state index contributed by atoms with van der Waals surface area (Å²) in [7, 11) is 0. The Labute approximate surface area is 81.0 Å². The van der Waals surface area contributed by atoms with E-state index in [1.807, 2.05) is 0 Å². The molecular formula is C12H20N+. The minimum Gasteiger partial charge on any atom is -0.352 e. The number of hydrogen-bond acceptors (Lipinski definition) is 0. The van der Waals surface area contributed by atoms with Gasteiger partial charge in [-0.15, -0.1) is 0 Å². The lowest BCUT2D eigenvalue weighted by molar-refractivity contribution is -0.420. The van der Waals surface area contributed by atoms with Crippen molar-refractivity contribution in [3.05, 3.63) is 35.4 Å².